The van der Waals surface area contributed by atoms with Crippen LogP contribution >= 0.6 is 0 Å². The molecule has 5 nitrogen and oxygen atoms in total. The molecule has 0 rings (SSSR count). The average Bonchev–Trinajstić information content (AvgIpc) is 1.99. The molecule has 0 atom stereocenters. The number of hydrogen-bond acceptors (Lipinski definition) is 3. The van der Waals surface area contributed by atoms with Crippen LogP contribution in [0.4, 0.5) is 0 Å². The van der Waals surface area contributed by atoms with Gasteiger partial charge in [-0.05, 0) is 33.6 Å². The van der Waals surface area contributed by atoms with Crippen molar-refractivity contribution in [3.63, 3.8) is 0 Å². The summed E-state index contributed by atoms with van der Waals surface area (Å²) >= 11 is 0. The maximum atomic E-state index is 11.2. The van der Waals surface area contributed by atoms with Gasteiger partial charge in [-0.3, -0.25) is 9.79 Å². The van der Waals surface area contributed by atoms with Crippen molar-refractivity contribution < 1.29 is 9.53 Å². The second-order valence-electron chi connectivity index (χ2n) is 4.35. The fraction of sp³-hybridized carbons (Fsp3) is 0.800. The smallest absolute Gasteiger partial charge is 0.306 e. The Labute approximate surface area is 90.9 Å². The zero-order valence-electron chi connectivity index (χ0n) is 9.75. The number of aliphatic imine (C=N–C) groups is 1. The van der Waals surface area contributed by atoms with E-state index in [1.165, 1.54) is 0 Å². The van der Waals surface area contributed by atoms with E-state index in [2.05, 4.69) is 4.99 Å². The first-order valence-corrected chi connectivity index (χ1v) is 5.08. The third-order valence-electron chi connectivity index (χ3n) is 1.50. The van der Waals surface area contributed by atoms with Crippen molar-refractivity contribution in [1.82, 2.24) is 0 Å². The molecule has 0 aromatic rings. The van der Waals surface area contributed by atoms with Crippen LogP contribution in [-0.4, -0.2) is 24.1 Å². The molecule has 0 aromatic heterocycles. The molecule has 0 spiro atoms. The Morgan fingerprint density at radius 3 is 2.33 bits per heavy atom. The molecule has 0 heterocycles. The molecular weight excluding hydrogens is 194 g/mol. The maximum absolute atomic E-state index is 11.2. The summed E-state index contributed by atoms with van der Waals surface area (Å²) in [7, 11) is 0. The van der Waals surface area contributed by atoms with Crippen LogP contribution in [0.1, 0.15) is 40.0 Å². The van der Waals surface area contributed by atoms with Gasteiger partial charge in [-0.1, -0.05) is 0 Å². The van der Waals surface area contributed by atoms with Gasteiger partial charge in [0.05, 0.1) is 0 Å². The summed E-state index contributed by atoms with van der Waals surface area (Å²) in [6.07, 6.45) is 1.94. The molecule has 0 aliphatic carbocycles. The molecule has 0 amide bonds. The maximum Gasteiger partial charge on any atom is 0.306 e. The minimum Gasteiger partial charge on any atom is -0.460 e. The molecule has 5 heteroatoms. The molecule has 4 N–H and O–H groups in total. The normalized spacial score (nSPS) is 10.9. The Hall–Kier alpha value is -1.26. The van der Waals surface area contributed by atoms with Crippen LogP contribution in [0, 0.1) is 0 Å². The van der Waals surface area contributed by atoms with Crippen molar-refractivity contribution in [1.29, 1.82) is 0 Å². The second-order valence-corrected chi connectivity index (χ2v) is 4.35. The predicted octanol–water partition coefficient (Wildman–Crippen LogP) is 0.772. The van der Waals surface area contributed by atoms with E-state index >= 15 is 0 Å². The quantitative estimate of drug-likeness (QED) is 0.307. The lowest BCUT2D eigenvalue weighted by molar-refractivity contribution is -0.154. The highest BCUT2D eigenvalue weighted by Crippen LogP contribution is 2.09. The summed E-state index contributed by atoms with van der Waals surface area (Å²) < 4.78 is 5.14. The topological polar surface area (TPSA) is 90.7 Å². The Kier molecular flexibility index (Phi) is 5.74. The van der Waals surface area contributed by atoms with Gasteiger partial charge in [0.15, 0.2) is 5.96 Å². The van der Waals surface area contributed by atoms with E-state index in [0.29, 0.717) is 13.0 Å². The van der Waals surface area contributed by atoms with Crippen LogP contribution in [0.5, 0.6) is 0 Å². The van der Waals surface area contributed by atoms with Gasteiger partial charge in [-0.2, -0.15) is 0 Å². The van der Waals surface area contributed by atoms with Gasteiger partial charge in [0.2, 0.25) is 0 Å². The summed E-state index contributed by atoms with van der Waals surface area (Å²) in [5, 5.41) is 0. The molecule has 0 aliphatic rings. The van der Waals surface area contributed by atoms with Gasteiger partial charge in [0.25, 0.3) is 0 Å². The Morgan fingerprint density at radius 2 is 1.87 bits per heavy atom. The number of nitrogens with two attached hydrogens (primary N) is 2. The van der Waals surface area contributed by atoms with Crippen LogP contribution in [-0.2, 0) is 9.53 Å². The monoisotopic (exact) mass is 215 g/mol. The second kappa shape index (κ2) is 6.27. The van der Waals surface area contributed by atoms with Crippen molar-refractivity contribution in [2.75, 3.05) is 6.54 Å². The van der Waals surface area contributed by atoms with Gasteiger partial charge >= 0.3 is 5.97 Å². The van der Waals surface area contributed by atoms with Crippen LogP contribution in [0.25, 0.3) is 0 Å². The number of esters is 1. The predicted molar refractivity (Wildman–Crippen MR) is 60.4 cm³/mol. The zero-order chi connectivity index (χ0) is 11.9. The summed E-state index contributed by atoms with van der Waals surface area (Å²) in [5.41, 5.74) is 9.90. The highest BCUT2D eigenvalue weighted by molar-refractivity contribution is 5.75. The number of guanidine groups is 1. The van der Waals surface area contributed by atoms with Gasteiger partial charge in [0.1, 0.15) is 5.60 Å². The molecule has 0 fully saturated rings. The molecule has 15 heavy (non-hydrogen) atoms. The highest BCUT2D eigenvalue weighted by atomic mass is 16.6. The van der Waals surface area contributed by atoms with Crippen LogP contribution in [0.2, 0.25) is 0 Å². The lowest BCUT2D eigenvalue weighted by atomic mass is 10.2. The van der Waals surface area contributed by atoms with E-state index in [-0.39, 0.29) is 11.9 Å². The number of unbranched alkanes of at least 4 members (excludes halogenated alkanes) is 1. The summed E-state index contributed by atoms with van der Waals surface area (Å²) in [4.78, 5) is 15.1. The van der Waals surface area contributed by atoms with Crippen LogP contribution in [0.3, 0.4) is 0 Å². The van der Waals surface area contributed by atoms with Crippen molar-refractivity contribution in [3.8, 4) is 0 Å². The van der Waals surface area contributed by atoms with E-state index < -0.39 is 5.60 Å². The zero-order valence-corrected chi connectivity index (χ0v) is 9.75. The first-order chi connectivity index (χ1) is 6.81. The summed E-state index contributed by atoms with van der Waals surface area (Å²) in [6.45, 7) is 6.12. The van der Waals surface area contributed by atoms with Gasteiger partial charge in [0, 0.05) is 13.0 Å². The molecule has 88 valence electrons. The van der Waals surface area contributed by atoms with E-state index in [9.17, 15) is 4.79 Å². The standard InChI is InChI=1S/C10H21N3O2/c1-10(2,3)15-8(14)6-4-5-7-13-9(11)12/h4-7H2,1-3H3,(H4,11,12,13). The van der Waals surface area contributed by atoms with Crippen LogP contribution in [0.15, 0.2) is 4.99 Å². The van der Waals surface area contributed by atoms with Crippen molar-refractivity contribution in [2.45, 2.75) is 45.6 Å². The Morgan fingerprint density at radius 1 is 1.27 bits per heavy atom. The third-order valence-corrected chi connectivity index (χ3v) is 1.50. The van der Waals surface area contributed by atoms with Gasteiger partial charge < -0.3 is 16.2 Å². The summed E-state index contributed by atoms with van der Waals surface area (Å²) in [5.74, 6) is -0.0838. The number of nitrogens with zero attached hydrogens (tertiary/aromatic N) is 1. The molecule has 0 radical (unpaired) electrons. The van der Waals surface area contributed by atoms with E-state index in [1.807, 2.05) is 20.8 Å². The first-order valence-electron chi connectivity index (χ1n) is 5.08. The number of carbonyl (C=O) groups excluding carboxylic acids is 1. The lowest BCUT2D eigenvalue weighted by Gasteiger charge is -2.19. The number of rotatable bonds is 5. The fourth-order valence-corrected chi connectivity index (χ4v) is 0.982. The number of hydrogen-bond donors (Lipinski definition) is 2. The largest absolute Gasteiger partial charge is 0.460 e. The van der Waals surface area contributed by atoms with Gasteiger partial charge in [-0.25, -0.2) is 0 Å². The summed E-state index contributed by atoms with van der Waals surface area (Å²) in [6, 6.07) is 0. The van der Waals surface area contributed by atoms with Crippen LogP contribution < -0.4 is 11.5 Å². The fourth-order valence-electron chi connectivity index (χ4n) is 0.982. The van der Waals surface area contributed by atoms with E-state index in [1.54, 1.807) is 0 Å². The molecule has 0 saturated heterocycles. The van der Waals surface area contributed by atoms with Gasteiger partial charge in [-0.15, -0.1) is 0 Å². The number of carbonyl (C=O) groups is 1. The van der Waals surface area contributed by atoms with Crippen molar-refractivity contribution in [3.05, 3.63) is 0 Å². The highest BCUT2D eigenvalue weighted by Gasteiger charge is 2.15. The molecule has 0 unspecified atom stereocenters. The third kappa shape index (κ3) is 10.7. The molecular formula is C10H21N3O2. The number of ether oxygens (including phenoxy) is 1. The van der Waals surface area contributed by atoms with E-state index in [4.69, 9.17) is 16.2 Å². The lowest BCUT2D eigenvalue weighted by Crippen LogP contribution is -2.24. The van der Waals surface area contributed by atoms with Crippen molar-refractivity contribution >= 4 is 11.9 Å². The molecule has 0 bridgehead atoms. The molecule has 0 aromatic carbocycles. The minimum absolute atomic E-state index is 0.0901. The molecule has 0 saturated carbocycles. The average molecular weight is 215 g/mol. The van der Waals surface area contributed by atoms with E-state index in [0.717, 1.165) is 12.8 Å². The Bertz CT molecular complexity index is 227. The molecule has 0 aliphatic heterocycles. The SMILES string of the molecule is CC(C)(C)OC(=O)CCCCN=C(N)N. The van der Waals surface area contributed by atoms with Crippen molar-refractivity contribution in [2.24, 2.45) is 16.5 Å². The minimum atomic E-state index is -0.406. The first kappa shape index (κ1) is 13.7. The Balaban J connectivity index is 3.52.